The number of carbonyl (C=O) groups excluding carboxylic acids is 2. The van der Waals surface area contributed by atoms with Crippen molar-refractivity contribution in [3.63, 3.8) is 0 Å². The Hall–Kier alpha value is -3.04. The highest BCUT2D eigenvalue weighted by molar-refractivity contribution is 5.84. The van der Waals surface area contributed by atoms with Gasteiger partial charge in [0.1, 0.15) is 5.76 Å². The van der Waals surface area contributed by atoms with Crippen LogP contribution in [0.3, 0.4) is 0 Å². The van der Waals surface area contributed by atoms with Crippen LogP contribution in [0.2, 0.25) is 0 Å². The van der Waals surface area contributed by atoms with Crippen LogP contribution in [0.25, 0.3) is 0 Å². The molecule has 9 heteroatoms. The lowest BCUT2D eigenvalue weighted by molar-refractivity contribution is -0.141. The Bertz CT molecular complexity index is 1050. The maximum Gasteiger partial charge on any atom is 0.242 e. The minimum absolute atomic E-state index is 0.0710. The van der Waals surface area contributed by atoms with E-state index in [0.29, 0.717) is 49.7 Å². The van der Waals surface area contributed by atoms with Gasteiger partial charge in [-0.25, -0.2) is 0 Å². The highest BCUT2D eigenvalue weighted by Gasteiger charge is 2.23. The Morgan fingerprint density at radius 1 is 0.860 bits per heavy atom. The van der Waals surface area contributed by atoms with E-state index in [0.717, 1.165) is 64.1 Å². The van der Waals surface area contributed by atoms with Gasteiger partial charge in [-0.3, -0.25) is 14.5 Å². The van der Waals surface area contributed by atoms with Gasteiger partial charge >= 0.3 is 0 Å². The fourth-order valence-electron chi connectivity index (χ4n) is 5.44. The van der Waals surface area contributed by atoms with E-state index in [9.17, 15) is 9.59 Å². The number of unbranched alkanes of at least 4 members (excludes halogenated alkanes) is 6. The SMILES string of the molecule is CCCCCCCCCC(=O)N(CCCN1CCOCC1)CC(=O)N(CCc1ccc(OC)c(OC)c1)Cc1ccco1. The molecule has 9 nitrogen and oxygen atoms in total. The molecule has 2 amide bonds. The van der Waals surface area contributed by atoms with Crippen LogP contribution in [0.1, 0.15) is 76.0 Å². The van der Waals surface area contributed by atoms with Gasteiger partial charge in [0.25, 0.3) is 0 Å². The van der Waals surface area contributed by atoms with Crippen molar-refractivity contribution < 1.29 is 28.2 Å². The zero-order chi connectivity index (χ0) is 30.7. The maximum atomic E-state index is 13.8. The number of methoxy groups -OCH3 is 2. The first-order valence-corrected chi connectivity index (χ1v) is 16.1. The van der Waals surface area contributed by atoms with Crippen LogP contribution in [0.5, 0.6) is 11.5 Å². The lowest BCUT2D eigenvalue weighted by Gasteiger charge is -2.30. The van der Waals surface area contributed by atoms with E-state index in [1.165, 1.54) is 25.7 Å². The summed E-state index contributed by atoms with van der Waals surface area (Å²) in [7, 11) is 3.23. The molecule has 2 aromatic rings. The number of hydrogen-bond acceptors (Lipinski definition) is 7. The number of morpholine rings is 1. The average Bonchev–Trinajstić information content (AvgIpc) is 3.55. The first-order chi connectivity index (χ1) is 21.0. The van der Waals surface area contributed by atoms with E-state index in [-0.39, 0.29) is 18.4 Å². The Morgan fingerprint density at radius 2 is 1.60 bits per heavy atom. The van der Waals surface area contributed by atoms with E-state index in [4.69, 9.17) is 18.6 Å². The largest absolute Gasteiger partial charge is 0.493 e. The first-order valence-electron chi connectivity index (χ1n) is 16.1. The van der Waals surface area contributed by atoms with Crippen LogP contribution in [0.15, 0.2) is 41.0 Å². The second kappa shape index (κ2) is 20.0. The lowest BCUT2D eigenvalue weighted by atomic mass is 10.1. The molecule has 1 saturated heterocycles. The van der Waals surface area contributed by atoms with E-state index >= 15 is 0 Å². The van der Waals surface area contributed by atoms with Gasteiger partial charge in [0.15, 0.2) is 11.5 Å². The van der Waals surface area contributed by atoms with Crippen molar-refractivity contribution >= 4 is 11.8 Å². The number of nitrogens with zero attached hydrogens (tertiary/aromatic N) is 3. The van der Waals surface area contributed by atoms with Crippen molar-refractivity contribution in [3.05, 3.63) is 47.9 Å². The number of furan rings is 1. The smallest absolute Gasteiger partial charge is 0.242 e. The molecule has 2 heterocycles. The van der Waals surface area contributed by atoms with Crippen LogP contribution < -0.4 is 9.47 Å². The minimum atomic E-state index is -0.0730. The summed E-state index contributed by atoms with van der Waals surface area (Å²) in [6, 6.07) is 9.52. The van der Waals surface area contributed by atoms with E-state index < -0.39 is 0 Å². The van der Waals surface area contributed by atoms with Gasteiger partial charge in [-0.2, -0.15) is 0 Å². The number of ether oxygens (including phenoxy) is 3. The first kappa shape index (κ1) is 34.5. The second-order valence-electron chi connectivity index (χ2n) is 11.3. The van der Waals surface area contributed by atoms with E-state index in [2.05, 4.69) is 11.8 Å². The number of amides is 2. The standard InChI is InChI=1S/C34H53N3O6/c1-4-5-6-7-8-9-10-14-33(38)36(19-12-18-35-21-24-42-25-22-35)28-34(39)37(27-30-13-11-23-43-30)20-17-29-15-16-31(40-2)32(26-29)41-3/h11,13,15-16,23,26H,4-10,12,14,17-22,24-25,27-28H2,1-3H3. The molecule has 1 fully saturated rings. The summed E-state index contributed by atoms with van der Waals surface area (Å²) in [4.78, 5) is 33.2. The van der Waals surface area contributed by atoms with Gasteiger partial charge < -0.3 is 28.4 Å². The van der Waals surface area contributed by atoms with Gasteiger partial charge in [0.05, 0.1) is 46.8 Å². The Labute approximate surface area is 258 Å². The van der Waals surface area contributed by atoms with Crippen molar-refractivity contribution in [2.45, 2.75) is 77.7 Å². The third-order valence-corrected chi connectivity index (χ3v) is 8.08. The lowest BCUT2D eigenvalue weighted by Crippen LogP contribution is -2.44. The topological polar surface area (TPSA) is 84.7 Å². The quantitative estimate of drug-likeness (QED) is 0.174. The number of carbonyl (C=O) groups is 2. The van der Waals surface area contributed by atoms with E-state index in [1.54, 1.807) is 30.3 Å². The normalized spacial score (nSPS) is 13.6. The summed E-state index contributed by atoms with van der Waals surface area (Å²) >= 11 is 0. The molecule has 0 bridgehead atoms. The van der Waals surface area contributed by atoms with Crippen molar-refractivity contribution in [2.24, 2.45) is 0 Å². The second-order valence-corrected chi connectivity index (χ2v) is 11.3. The molecule has 0 atom stereocenters. The monoisotopic (exact) mass is 599 g/mol. The molecule has 43 heavy (non-hydrogen) atoms. The Kier molecular flexibility index (Phi) is 16.0. The predicted molar refractivity (Wildman–Crippen MR) is 168 cm³/mol. The van der Waals surface area contributed by atoms with Gasteiger partial charge in [0, 0.05) is 39.1 Å². The molecule has 1 aromatic heterocycles. The van der Waals surface area contributed by atoms with Gasteiger partial charge in [-0.1, -0.05) is 51.5 Å². The van der Waals surface area contributed by atoms with Crippen LogP contribution in [-0.2, 0) is 27.3 Å². The molecule has 3 rings (SSSR count). The van der Waals surface area contributed by atoms with Gasteiger partial charge in [-0.05, 0) is 49.1 Å². The molecule has 1 aromatic carbocycles. The van der Waals surface area contributed by atoms with E-state index in [1.807, 2.05) is 30.3 Å². The summed E-state index contributed by atoms with van der Waals surface area (Å²) < 4.78 is 21.9. The van der Waals surface area contributed by atoms with Crippen LogP contribution in [0, 0.1) is 0 Å². The highest BCUT2D eigenvalue weighted by Crippen LogP contribution is 2.28. The van der Waals surface area contributed by atoms with Crippen LogP contribution in [-0.4, -0.2) is 93.2 Å². The number of benzene rings is 1. The zero-order valence-corrected chi connectivity index (χ0v) is 26.7. The average molecular weight is 600 g/mol. The summed E-state index contributed by atoms with van der Waals surface area (Å²) in [6.45, 7) is 7.94. The molecule has 0 unspecified atom stereocenters. The minimum Gasteiger partial charge on any atom is -0.493 e. The van der Waals surface area contributed by atoms with Crippen molar-refractivity contribution in [1.29, 1.82) is 0 Å². The zero-order valence-electron chi connectivity index (χ0n) is 26.7. The highest BCUT2D eigenvalue weighted by atomic mass is 16.5. The fourth-order valence-corrected chi connectivity index (χ4v) is 5.44. The molecule has 1 aliphatic rings. The maximum absolute atomic E-state index is 13.8. The van der Waals surface area contributed by atoms with Crippen molar-refractivity contribution in [1.82, 2.24) is 14.7 Å². The molecule has 0 spiro atoms. The summed E-state index contributed by atoms with van der Waals surface area (Å²) in [5.41, 5.74) is 1.03. The summed E-state index contributed by atoms with van der Waals surface area (Å²) in [5, 5.41) is 0. The van der Waals surface area contributed by atoms with Gasteiger partial charge in [-0.15, -0.1) is 0 Å². The third kappa shape index (κ3) is 12.6. The number of hydrogen-bond donors (Lipinski definition) is 0. The predicted octanol–water partition coefficient (Wildman–Crippen LogP) is 5.56. The third-order valence-electron chi connectivity index (χ3n) is 8.08. The molecule has 0 saturated carbocycles. The molecule has 240 valence electrons. The van der Waals surface area contributed by atoms with Crippen molar-refractivity contribution in [3.8, 4) is 11.5 Å². The Balaban J connectivity index is 1.63. The summed E-state index contributed by atoms with van der Waals surface area (Å²) in [6.07, 6.45) is 11.7. The van der Waals surface area contributed by atoms with Crippen LogP contribution >= 0.6 is 0 Å². The fraction of sp³-hybridized carbons (Fsp3) is 0.647. The Morgan fingerprint density at radius 3 is 2.30 bits per heavy atom. The molecule has 0 N–H and O–H groups in total. The number of rotatable bonds is 21. The molecule has 1 aliphatic heterocycles. The van der Waals surface area contributed by atoms with Gasteiger partial charge in [0.2, 0.25) is 11.8 Å². The molecule has 0 aliphatic carbocycles. The molecule has 0 radical (unpaired) electrons. The molecular weight excluding hydrogens is 546 g/mol. The molecular formula is C34H53N3O6. The summed E-state index contributed by atoms with van der Waals surface area (Å²) in [5.74, 6) is 2.04. The van der Waals surface area contributed by atoms with Crippen LogP contribution in [0.4, 0.5) is 0 Å². The van der Waals surface area contributed by atoms with Crippen molar-refractivity contribution in [2.75, 3.05) is 66.7 Å².